The molecule has 10 heteroatoms. The van der Waals surface area contributed by atoms with Crippen LogP contribution in [0.2, 0.25) is 0 Å². The molecule has 4 rings (SSSR count). The van der Waals surface area contributed by atoms with Gasteiger partial charge < -0.3 is 34.4 Å². The van der Waals surface area contributed by atoms with Gasteiger partial charge >= 0.3 is 5.79 Å². The van der Waals surface area contributed by atoms with Crippen molar-refractivity contribution in [2.45, 2.75) is 63.0 Å². The van der Waals surface area contributed by atoms with Gasteiger partial charge in [-0.05, 0) is 39.8 Å². The Hall–Kier alpha value is -2.79. The Kier molecular flexibility index (Phi) is 4.80. The molecule has 32 heavy (non-hydrogen) atoms. The number of methoxy groups -OCH3 is 1. The van der Waals surface area contributed by atoms with Gasteiger partial charge in [0.25, 0.3) is 5.79 Å². The fourth-order valence-corrected chi connectivity index (χ4v) is 4.59. The predicted octanol–water partition coefficient (Wildman–Crippen LogP) is 2.09. The second-order valence-electron chi connectivity index (χ2n) is 8.90. The Morgan fingerprint density at radius 3 is 2.41 bits per heavy atom. The summed E-state index contributed by atoms with van der Waals surface area (Å²) < 4.78 is 24.2. The van der Waals surface area contributed by atoms with E-state index in [9.17, 15) is 10.2 Å². The molecule has 2 aromatic rings. The third kappa shape index (κ3) is 2.70. The lowest BCUT2D eigenvalue weighted by Crippen LogP contribution is -2.87. The lowest BCUT2D eigenvalue weighted by atomic mass is 9.65. The first-order valence-corrected chi connectivity index (χ1v) is 10.1. The summed E-state index contributed by atoms with van der Waals surface area (Å²) in [6.45, 7) is 7.97. The van der Waals surface area contributed by atoms with E-state index in [1.165, 1.54) is 27.0 Å². The van der Waals surface area contributed by atoms with Crippen molar-refractivity contribution >= 4 is 6.21 Å². The van der Waals surface area contributed by atoms with E-state index in [-0.39, 0.29) is 22.9 Å². The maximum atomic E-state index is 11.8. The molecule has 0 saturated carbocycles. The van der Waals surface area contributed by atoms with Crippen LogP contribution in [0.5, 0.6) is 11.5 Å². The summed E-state index contributed by atoms with van der Waals surface area (Å²) in [5.41, 5.74) is -3.58. The number of nitrogens with zero attached hydrogens (tertiary/aromatic N) is 3. The van der Waals surface area contributed by atoms with E-state index >= 15 is 0 Å². The first-order valence-electron chi connectivity index (χ1n) is 10.1. The van der Waals surface area contributed by atoms with Crippen LogP contribution in [0.25, 0.3) is 11.4 Å². The van der Waals surface area contributed by atoms with E-state index in [2.05, 4.69) is 15.1 Å². The highest BCUT2D eigenvalue weighted by atomic mass is 16.8. The molecule has 2 aliphatic rings. The highest BCUT2D eigenvalue weighted by Gasteiger charge is 2.80. The third-order valence-corrected chi connectivity index (χ3v) is 6.82. The number of fused-ring (bicyclic) bond motifs is 2. The van der Waals surface area contributed by atoms with E-state index in [0.29, 0.717) is 5.69 Å². The van der Waals surface area contributed by atoms with Crippen LogP contribution in [-0.4, -0.2) is 67.1 Å². The van der Waals surface area contributed by atoms with Crippen LogP contribution < -0.4 is 9.47 Å². The molecule has 0 radical (unpaired) electrons. The van der Waals surface area contributed by atoms with Crippen molar-refractivity contribution in [2.24, 2.45) is 5.16 Å². The van der Waals surface area contributed by atoms with Gasteiger partial charge in [0.1, 0.15) is 11.3 Å². The van der Waals surface area contributed by atoms with Gasteiger partial charge in [0, 0.05) is 26.3 Å². The van der Waals surface area contributed by atoms with E-state index in [4.69, 9.17) is 24.2 Å². The molecule has 2 aliphatic heterocycles. The summed E-state index contributed by atoms with van der Waals surface area (Å²) >= 11 is 0. The van der Waals surface area contributed by atoms with Crippen LogP contribution in [0.15, 0.2) is 35.6 Å². The molecule has 0 aliphatic carbocycles. The van der Waals surface area contributed by atoms with Crippen LogP contribution in [0, 0.1) is 0 Å². The summed E-state index contributed by atoms with van der Waals surface area (Å²) in [5.74, 6) is -4.05. The first-order chi connectivity index (χ1) is 14.9. The molecule has 0 spiro atoms. The Bertz CT molecular complexity index is 1070. The normalized spacial score (nSPS) is 35.5. The maximum Gasteiger partial charge on any atom is 0.306 e. The average Bonchev–Trinajstić information content (AvgIpc) is 2.73. The molecule has 172 valence electrons. The van der Waals surface area contributed by atoms with Crippen LogP contribution in [0.1, 0.15) is 40.3 Å². The van der Waals surface area contributed by atoms with Gasteiger partial charge in [-0.3, -0.25) is 4.98 Å². The molecule has 0 amide bonds. The fourth-order valence-electron chi connectivity index (χ4n) is 4.59. The number of rotatable bonds is 3. The summed E-state index contributed by atoms with van der Waals surface area (Å²) in [5, 5.41) is 35.5. The number of hydrogen-bond donors (Lipinski definition) is 3. The monoisotopic (exact) mass is 445 g/mol. The second kappa shape index (κ2) is 6.85. The lowest BCUT2D eigenvalue weighted by molar-refractivity contribution is -0.490. The van der Waals surface area contributed by atoms with Crippen LogP contribution >= 0.6 is 0 Å². The molecular formula is C22H27N3O7. The number of ether oxygens (including phenoxy) is 4. The fraction of sp³-hybridized carbons (Fsp3) is 0.500. The molecule has 10 nitrogen and oxygen atoms in total. The van der Waals surface area contributed by atoms with Gasteiger partial charge in [-0.2, -0.15) is 0 Å². The summed E-state index contributed by atoms with van der Waals surface area (Å²) in [7, 11) is 1.42. The second-order valence-corrected chi connectivity index (χ2v) is 8.90. The Morgan fingerprint density at radius 2 is 1.81 bits per heavy atom. The van der Waals surface area contributed by atoms with E-state index in [1.54, 1.807) is 45.2 Å². The summed E-state index contributed by atoms with van der Waals surface area (Å²) in [4.78, 5) is 8.77. The van der Waals surface area contributed by atoms with Gasteiger partial charge in [0.05, 0.1) is 23.2 Å². The Morgan fingerprint density at radius 1 is 1.09 bits per heavy atom. The molecule has 4 unspecified atom stereocenters. The van der Waals surface area contributed by atoms with Crippen molar-refractivity contribution in [3.63, 3.8) is 0 Å². The van der Waals surface area contributed by atoms with Crippen molar-refractivity contribution < 1.29 is 34.4 Å². The third-order valence-electron chi connectivity index (χ3n) is 6.82. The van der Waals surface area contributed by atoms with Gasteiger partial charge in [0.15, 0.2) is 17.1 Å². The Balaban J connectivity index is 1.97. The number of pyridine rings is 2. The van der Waals surface area contributed by atoms with Gasteiger partial charge in [-0.15, -0.1) is 0 Å². The van der Waals surface area contributed by atoms with Crippen molar-refractivity contribution in [3.05, 3.63) is 36.2 Å². The van der Waals surface area contributed by atoms with E-state index in [1.807, 2.05) is 0 Å². The zero-order valence-corrected chi connectivity index (χ0v) is 18.8. The Labute approximate surface area is 185 Å². The first kappa shape index (κ1) is 22.4. The highest BCUT2D eigenvalue weighted by Crippen LogP contribution is 2.59. The van der Waals surface area contributed by atoms with Crippen molar-refractivity contribution in [2.75, 3.05) is 7.11 Å². The van der Waals surface area contributed by atoms with E-state index in [0.717, 1.165) is 6.21 Å². The number of hydrogen-bond acceptors (Lipinski definition) is 10. The van der Waals surface area contributed by atoms with Gasteiger partial charge in [-0.1, -0.05) is 11.2 Å². The summed E-state index contributed by atoms with van der Waals surface area (Å²) in [6, 6.07) is 6.67. The van der Waals surface area contributed by atoms with E-state index < -0.39 is 28.4 Å². The molecule has 3 N–H and O–H groups in total. The van der Waals surface area contributed by atoms with Gasteiger partial charge in [0.2, 0.25) is 0 Å². The topological polar surface area (TPSA) is 136 Å². The largest absolute Gasteiger partial charge is 0.449 e. The van der Waals surface area contributed by atoms with Crippen molar-refractivity contribution in [3.8, 4) is 22.9 Å². The molecule has 4 heterocycles. The highest BCUT2D eigenvalue weighted by molar-refractivity contribution is 5.81. The summed E-state index contributed by atoms with van der Waals surface area (Å²) in [6.07, 6.45) is 2.69. The molecular weight excluding hydrogens is 418 g/mol. The van der Waals surface area contributed by atoms with Crippen molar-refractivity contribution in [1.29, 1.82) is 0 Å². The molecule has 0 aromatic carbocycles. The predicted molar refractivity (Wildman–Crippen MR) is 113 cm³/mol. The minimum atomic E-state index is -2.40. The smallest absolute Gasteiger partial charge is 0.306 e. The minimum Gasteiger partial charge on any atom is -0.449 e. The molecule has 4 atom stereocenters. The molecule has 0 bridgehead atoms. The lowest BCUT2D eigenvalue weighted by Gasteiger charge is -2.66. The van der Waals surface area contributed by atoms with Crippen LogP contribution in [-0.2, 0) is 9.47 Å². The van der Waals surface area contributed by atoms with Crippen molar-refractivity contribution in [1.82, 2.24) is 9.97 Å². The standard InChI is InChI=1S/C22H27N3O7/c1-18(2)20(4,29-6)19(3,26)22(27)21(5,32-18)31-17-15(30-22)11-13(12-24-28)25-16(17)14-9-7-8-10-23-14/h7-12,26-28H,1-6H3. The maximum absolute atomic E-state index is 11.8. The zero-order valence-electron chi connectivity index (χ0n) is 18.8. The van der Waals surface area contributed by atoms with Crippen LogP contribution in [0.3, 0.4) is 0 Å². The zero-order chi connectivity index (χ0) is 23.6. The van der Waals surface area contributed by atoms with Gasteiger partial charge in [-0.25, -0.2) is 4.98 Å². The van der Waals surface area contributed by atoms with Crippen LogP contribution in [0.4, 0.5) is 0 Å². The SMILES string of the molecule is COC1(C)C(C)(C)OC2(C)Oc3c(cc(C=NO)nc3-c3ccccn3)OC2(O)C1(C)O. The average molecular weight is 445 g/mol. The molecule has 1 saturated heterocycles. The quantitative estimate of drug-likeness (QED) is 0.368. The number of aromatic nitrogens is 2. The minimum absolute atomic E-state index is 0.0533. The molecule has 1 fully saturated rings. The number of aliphatic hydroxyl groups is 2. The number of oxime groups is 1. The molecule has 2 aromatic heterocycles.